The highest BCUT2D eigenvalue weighted by Gasteiger charge is 2.33. The smallest absolute Gasteiger partial charge is 0.0593 e. The van der Waals surface area contributed by atoms with Gasteiger partial charge in [0.2, 0.25) is 0 Å². The van der Waals surface area contributed by atoms with Crippen LogP contribution in [0.4, 0.5) is 0 Å². The van der Waals surface area contributed by atoms with E-state index in [4.69, 9.17) is 4.74 Å². The van der Waals surface area contributed by atoms with Gasteiger partial charge in [-0.15, -0.1) is 0 Å². The van der Waals surface area contributed by atoms with Crippen LogP contribution in [0.3, 0.4) is 0 Å². The fourth-order valence-electron chi connectivity index (χ4n) is 2.18. The molecular weight excluding hydrogens is 162 g/mol. The van der Waals surface area contributed by atoms with Gasteiger partial charge in [-0.3, -0.25) is 4.90 Å². The molecule has 0 radical (unpaired) electrons. The van der Waals surface area contributed by atoms with Gasteiger partial charge in [0, 0.05) is 19.1 Å². The van der Waals surface area contributed by atoms with Crippen molar-refractivity contribution in [2.24, 2.45) is 11.8 Å². The Labute approximate surface area is 81.3 Å². The van der Waals surface area contributed by atoms with Crippen LogP contribution in [0.2, 0.25) is 0 Å². The molecule has 0 bridgehead atoms. The first-order valence-electron chi connectivity index (χ1n) is 5.59. The van der Waals surface area contributed by atoms with Crippen LogP contribution in [0.25, 0.3) is 0 Å². The quantitative estimate of drug-likeness (QED) is 0.646. The first-order chi connectivity index (χ1) is 6.27. The Bertz CT molecular complexity index is 155. The predicted octanol–water partition coefficient (Wildman–Crippen LogP) is 1.75. The van der Waals surface area contributed by atoms with Crippen molar-refractivity contribution in [3.05, 3.63) is 0 Å². The summed E-state index contributed by atoms with van der Waals surface area (Å²) in [5.74, 6) is 1.81. The molecule has 76 valence electrons. The minimum atomic E-state index is 0.683. The van der Waals surface area contributed by atoms with Gasteiger partial charge in [0.15, 0.2) is 0 Å². The van der Waals surface area contributed by atoms with Crippen molar-refractivity contribution in [1.29, 1.82) is 0 Å². The number of hydrogen-bond donors (Lipinski definition) is 0. The highest BCUT2D eigenvalue weighted by Crippen LogP contribution is 2.38. The molecule has 1 saturated carbocycles. The van der Waals surface area contributed by atoms with Crippen LogP contribution < -0.4 is 0 Å². The van der Waals surface area contributed by atoms with Gasteiger partial charge in [-0.05, 0) is 38.5 Å². The molecule has 2 nitrogen and oxygen atoms in total. The molecule has 0 aromatic rings. The van der Waals surface area contributed by atoms with E-state index in [-0.39, 0.29) is 0 Å². The predicted molar refractivity (Wildman–Crippen MR) is 53.7 cm³/mol. The molecule has 0 spiro atoms. The van der Waals surface area contributed by atoms with Crippen molar-refractivity contribution < 1.29 is 4.74 Å². The van der Waals surface area contributed by atoms with Crippen molar-refractivity contribution in [3.8, 4) is 0 Å². The molecule has 2 fully saturated rings. The molecule has 2 heteroatoms. The van der Waals surface area contributed by atoms with Gasteiger partial charge in [-0.2, -0.15) is 0 Å². The minimum absolute atomic E-state index is 0.683. The Kier molecular flexibility index (Phi) is 2.89. The van der Waals surface area contributed by atoms with Gasteiger partial charge in [-0.1, -0.05) is 0 Å². The summed E-state index contributed by atoms with van der Waals surface area (Å²) in [7, 11) is 0. The monoisotopic (exact) mass is 183 g/mol. The molecule has 13 heavy (non-hydrogen) atoms. The molecule has 1 atom stereocenters. The molecule has 2 aliphatic rings. The molecule has 1 unspecified atom stereocenters. The Hall–Kier alpha value is -0.0800. The van der Waals surface area contributed by atoms with E-state index < -0.39 is 0 Å². The summed E-state index contributed by atoms with van der Waals surface area (Å²) in [5, 5.41) is 0. The Morgan fingerprint density at radius 3 is 2.62 bits per heavy atom. The third-order valence-corrected chi connectivity index (χ3v) is 3.34. The van der Waals surface area contributed by atoms with E-state index >= 15 is 0 Å². The summed E-state index contributed by atoms with van der Waals surface area (Å²) in [5.41, 5.74) is 0. The third-order valence-electron chi connectivity index (χ3n) is 3.34. The van der Waals surface area contributed by atoms with Crippen LogP contribution in [0, 0.1) is 11.8 Å². The lowest BCUT2D eigenvalue weighted by atomic mass is 10.0. The van der Waals surface area contributed by atoms with E-state index in [2.05, 4.69) is 18.7 Å². The van der Waals surface area contributed by atoms with Crippen molar-refractivity contribution in [1.82, 2.24) is 4.90 Å². The zero-order valence-electron chi connectivity index (χ0n) is 8.83. The zero-order chi connectivity index (χ0) is 9.26. The second-order valence-electron chi connectivity index (χ2n) is 4.76. The first kappa shape index (κ1) is 9.47. The van der Waals surface area contributed by atoms with Crippen LogP contribution in [-0.4, -0.2) is 37.2 Å². The van der Waals surface area contributed by atoms with E-state index in [9.17, 15) is 0 Å². The van der Waals surface area contributed by atoms with E-state index in [0.717, 1.165) is 31.6 Å². The molecule has 1 aliphatic heterocycles. The lowest BCUT2D eigenvalue weighted by Gasteiger charge is -2.26. The van der Waals surface area contributed by atoms with Crippen LogP contribution in [0.1, 0.15) is 26.7 Å². The Morgan fingerprint density at radius 1 is 1.23 bits per heavy atom. The second-order valence-corrected chi connectivity index (χ2v) is 4.76. The van der Waals surface area contributed by atoms with Gasteiger partial charge in [-0.25, -0.2) is 0 Å². The molecule has 1 heterocycles. The van der Waals surface area contributed by atoms with Gasteiger partial charge >= 0.3 is 0 Å². The average Bonchev–Trinajstić information content (AvgIpc) is 2.91. The maximum atomic E-state index is 5.65. The maximum Gasteiger partial charge on any atom is 0.0593 e. The van der Waals surface area contributed by atoms with E-state index in [1.165, 1.54) is 19.4 Å². The molecule has 1 aliphatic carbocycles. The van der Waals surface area contributed by atoms with E-state index in [1.54, 1.807) is 0 Å². The maximum absolute atomic E-state index is 5.65. The molecule has 0 amide bonds. The Morgan fingerprint density at radius 2 is 2.00 bits per heavy atom. The standard InChI is InChI=1S/C11H21NO/c1-9(2)12-5-6-13-8-11(7-12)10-3-4-10/h9-11H,3-8H2,1-2H3. The molecule has 0 aromatic heterocycles. The lowest BCUT2D eigenvalue weighted by Crippen LogP contribution is -2.36. The number of rotatable bonds is 2. The van der Waals surface area contributed by atoms with Crippen molar-refractivity contribution in [3.63, 3.8) is 0 Å². The van der Waals surface area contributed by atoms with Crippen LogP contribution in [0.5, 0.6) is 0 Å². The van der Waals surface area contributed by atoms with Crippen molar-refractivity contribution in [2.45, 2.75) is 32.7 Å². The zero-order valence-corrected chi connectivity index (χ0v) is 8.83. The van der Waals surface area contributed by atoms with Gasteiger partial charge in [0.1, 0.15) is 0 Å². The Balaban J connectivity index is 1.89. The van der Waals surface area contributed by atoms with Crippen LogP contribution in [-0.2, 0) is 4.74 Å². The van der Waals surface area contributed by atoms with Gasteiger partial charge < -0.3 is 4.74 Å². The first-order valence-corrected chi connectivity index (χ1v) is 5.59. The average molecular weight is 183 g/mol. The summed E-state index contributed by atoms with van der Waals surface area (Å²) in [6, 6.07) is 0.683. The number of hydrogen-bond acceptors (Lipinski definition) is 2. The molecule has 0 aromatic carbocycles. The molecular formula is C11H21NO. The van der Waals surface area contributed by atoms with Crippen LogP contribution in [0.15, 0.2) is 0 Å². The molecule has 1 saturated heterocycles. The minimum Gasteiger partial charge on any atom is -0.380 e. The van der Waals surface area contributed by atoms with E-state index in [0.29, 0.717) is 6.04 Å². The van der Waals surface area contributed by atoms with Crippen molar-refractivity contribution >= 4 is 0 Å². The summed E-state index contributed by atoms with van der Waals surface area (Å²) in [4.78, 5) is 2.57. The summed E-state index contributed by atoms with van der Waals surface area (Å²) >= 11 is 0. The fraction of sp³-hybridized carbons (Fsp3) is 1.00. The van der Waals surface area contributed by atoms with Crippen molar-refractivity contribution in [2.75, 3.05) is 26.3 Å². The molecule has 0 N–H and O–H groups in total. The second kappa shape index (κ2) is 3.97. The van der Waals surface area contributed by atoms with Gasteiger partial charge in [0.05, 0.1) is 13.2 Å². The van der Waals surface area contributed by atoms with E-state index in [1.807, 2.05) is 0 Å². The highest BCUT2D eigenvalue weighted by molar-refractivity contribution is 4.85. The summed E-state index contributed by atoms with van der Waals surface area (Å²) < 4.78 is 5.65. The topological polar surface area (TPSA) is 12.5 Å². The summed E-state index contributed by atoms with van der Waals surface area (Å²) in [6.07, 6.45) is 2.89. The molecule has 2 rings (SSSR count). The number of nitrogens with zero attached hydrogens (tertiary/aromatic N) is 1. The summed E-state index contributed by atoms with van der Waals surface area (Å²) in [6.45, 7) is 8.91. The lowest BCUT2D eigenvalue weighted by molar-refractivity contribution is 0.115. The third kappa shape index (κ3) is 2.44. The fourth-order valence-corrected chi connectivity index (χ4v) is 2.18. The van der Waals surface area contributed by atoms with Crippen LogP contribution >= 0.6 is 0 Å². The number of ether oxygens (including phenoxy) is 1. The normalized spacial score (nSPS) is 32.1. The van der Waals surface area contributed by atoms with Gasteiger partial charge in [0.25, 0.3) is 0 Å². The largest absolute Gasteiger partial charge is 0.380 e. The highest BCUT2D eigenvalue weighted by atomic mass is 16.5. The SMILES string of the molecule is CC(C)N1CCOCC(C2CC2)C1.